The molecule has 0 radical (unpaired) electrons. The summed E-state index contributed by atoms with van der Waals surface area (Å²) in [6.07, 6.45) is -7.31. The highest BCUT2D eigenvalue weighted by Crippen LogP contribution is 2.23. The van der Waals surface area contributed by atoms with E-state index >= 15 is 0 Å². The molecule has 1 saturated heterocycles. The van der Waals surface area contributed by atoms with Gasteiger partial charge in [0.05, 0.1) is 18.4 Å². The molecule has 1 aliphatic heterocycles. The van der Waals surface area contributed by atoms with Gasteiger partial charge in [-0.15, -0.1) is 16.5 Å². The van der Waals surface area contributed by atoms with Gasteiger partial charge in [0.25, 0.3) is 0 Å². The van der Waals surface area contributed by atoms with Gasteiger partial charge in [0, 0.05) is 12.9 Å². The van der Waals surface area contributed by atoms with Crippen molar-refractivity contribution in [1.29, 1.82) is 0 Å². The molecule has 21 heavy (non-hydrogen) atoms. The van der Waals surface area contributed by atoms with Gasteiger partial charge in [-0.05, 0) is 0 Å². The fourth-order valence-electron chi connectivity index (χ4n) is 1.94. The summed E-state index contributed by atoms with van der Waals surface area (Å²) in [6.45, 7) is -0.771. The number of amides is 2. The van der Waals surface area contributed by atoms with Crippen LogP contribution in [0.1, 0.15) is 0 Å². The van der Waals surface area contributed by atoms with Crippen LogP contribution in [0.25, 0.3) is 0 Å². The third kappa shape index (κ3) is 3.78. The minimum absolute atomic E-state index is 0.0278. The lowest BCUT2D eigenvalue weighted by Gasteiger charge is -2.43. The predicted molar refractivity (Wildman–Crippen MR) is 70.1 cm³/mol. The molecule has 1 aliphatic rings. The quantitative estimate of drug-likeness (QED) is 0.261. The second kappa shape index (κ2) is 7.82. The van der Waals surface area contributed by atoms with E-state index in [-0.39, 0.29) is 12.4 Å². The van der Waals surface area contributed by atoms with Crippen LogP contribution in [0, 0.1) is 4.91 Å². The number of ether oxygens (including phenoxy) is 1. The molecule has 1 fully saturated rings. The summed E-state index contributed by atoms with van der Waals surface area (Å²) in [5, 5.41) is 41.2. The molecular weight excluding hydrogens is 310 g/mol. The van der Waals surface area contributed by atoms with Crippen LogP contribution in [0.15, 0.2) is 5.29 Å². The SMILES string of the molecule is CN(C(=O)N(CCCl)N=O)[C@@H]1O[C@H](CO)[C@@H](O)[C@H](O)[C@H]1O. The molecule has 122 valence electrons. The molecule has 1 rings (SSSR count). The predicted octanol–water partition coefficient (Wildman–Crippen LogP) is -1.94. The molecule has 0 aromatic rings. The number of rotatable bonds is 5. The Hall–Kier alpha value is -1.04. The summed E-state index contributed by atoms with van der Waals surface area (Å²) in [4.78, 5) is 23.4. The van der Waals surface area contributed by atoms with Crippen LogP contribution in [-0.4, -0.2) is 93.1 Å². The summed E-state index contributed by atoms with van der Waals surface area (Å²) >= 11 is 5.43. The average Bonchev–Trinajstić information content (AvgIpc) is 2.49. The Morgan fingerprint density at radius 1 is 1.29 bits per heavy atom. The number of carbonyl (C=O) groups is 1. The molecule has 5 atom stereocenters. The van der Waals surface area contributed by atoms with Crippen LogP contribution >= 0.6 is 11.6 Å². The molecule has 0 aromatic carbocycles. The van der Waals surface area contributed by atoms with Crippen molar-refractivity contribution in [3.8, 4) is 0 Å². The standard InChI is InChI=1S/C10H18ClN3O7/c1-13(10(19)14(12-20)3-2-11)9-8(18)7(17)6(16)5(4-15)21-9/h5-9,15-18H,2-4H2,1H3/t5-,6-,7+,8-,9-/m1/s1. The first-order valence-corrected chi connectivity index (χ1v) is 6.66. The van der Waals surface area contributed by atoms with Gasteiger partial charge in [-0.2, -0.15) is 5.01 Å². The lowest BCUT2D eigenvalue weighted by atomic mass is 9.98. The van der Waals surface area contributed by atoms with Crippen LogP contribution in [0.4, 0.5) is 4.79 Å². The minimum atomic E-state index is -1.62. The Labute approximate surface area is 125 Å². The average molecular weight is 328 g/mol. The molecular formula is C10H18ClN3O7. The third-order valence-corrected chi connectivity index (χ3v) is 3.34. The van der Waals surface area contributed by atoms with Gasteiger partial charge < -0.3 is 25.2 Å². The number of carbonyl (C=O) groups excluding carboxylic acids is 1. The van der Waals surface area contributed by atoms with Crippen molar-refractivity contribution >= 4 is 17.6 Å². The Balaban J connectivity index is 2.86. The van der Waals surface area contributed by atoms with E-state index < -0.39 is 43.3 Å². The van der Waals surface area contributed by atoms with E-state index in [1.54, 1.807) is 0 Å². The highest BCUT2D eigenvalue weighted by molar-refractivity contribution is 6.18. The Morgan fingerprint density at radius 2 is 1.90 bits per heavy atom. The molecule has 10 nitrogen and oxygen atoms in total. The first kappa shape index (κ1) is 18.0. The van der Waals surface area contributed by atoms with Gasteiger partial charge >= 0.3 is 6.03 Å². The fraction of sp³-hybridized carbons (Fsp3) is 0.900. The molecule has 0 bridgehead atoms. The van der Waals surface area contributed by atoms with Crippen LogP contribution in [0.5, 0.6) is 0 Å². The smallest absolute Gasteiger partial charge is 0.344 e. The lowest BCUT2D eigenvalue weighted by Crippen LogP contribution is -2.64. The minimum Gasteiger partial charge on any atom is -0.394 e. The summed E-state index contributed by atoms with van der Waals surface area (Å²) in [5.41, 5.74) is 0. The van der Waals surface area contributed by atoms with Crippen molar-refractivity contribution in [1.82, 2.24) is 9.91 Å². The highest BCUT2D eigenvalue weighted by Gasteiger charge is 2.46. The van der Waals surface area contributed by atoms with Crippen molar-refractivity contribution in [3.05, 3.63) is 4.91 Å². The van der Waals surface area contributed by atoms with Gasteiger partial charge in [-0.3, -0.25) is 4.90 Å². The van der Waals surface area contributed by atoms with Gasteiger partial charge in [-0.1, -0.05) is 0 Å². The van der Waals surface area contributed by atoms with Crippen LogP contribution < -0.4 is 0 Å². The Kier molecular flexibility index (Phi) is 6.71. The van der Waals surface area contributed by atoms with Crippen LogP contribution in [0.2, 0.25) is 0 Å². The summed E-state index contributed by atoms with van der Waals surface area (Å²) in [7, 11) is 1.21. The number of urea groups is 1. The normalized spacial score (nSPS) is 32.6. The maximum atomic E-state index is 12.0. The zero-order valence-electron chi connectivity index (χ0n) is 11.2. The number of aliphatic hydroxyl groups is 4. The molecule has 0 unspecified atom stereocenters. The molecule has 11 heteroatoms. The van der Waals surface area contributed by atoms with Gasteiger partial charge in [0.2, 0.25) is 0 Å². The lowest BCUT2D eigenvalue weighted by molar-refractivity contribution is -0.255. The number of nitroso groups, excluding NO2 is 1. The van der Waals surface area contributed by atoms with E-state index in [1.165, 1.54) is 7.05 Å². The topological polar surface area (TPSA) is 143 Å². The number of hydrogen-bond acceptors (Lipinski definition) is 8. The third-order valence-electron chi connectivity index (χ3n) is 3.17. The number of aliphatic hydroxyl groups excluding tert-OH is 4. The molecule has 0 spiro atoms. The second-order valence-electron chi connectivity index (χ2n) is 4.51. The van der Waals surface area contributed by atoms with Crippen molar-refractivity contribution in [2.75, 3.05) is 26.1 Å². The van der Waals surface area contributed by atoms with Gasteiger partial charge in [-0.25, -0.2) is 4.79 Å². The number of alkyl halides is 1. The molecule has 0 aliphatic carbocycles. The number of likely N-dealkylation sites (N-methyl/N-ethyl adjacent to an activating group) is 1. The summed E-state index contributed by atoms with van der Waals surface area (Å²) < 4.78 is 5.18. The molecule has 4 N–H and O–H groups in total. The van der Waals surface area contributed by atoms with E-state index in [0.29, 0.717) is 5.01 Å². The second-order valence-corrected chi connectivity index (χ2v) is 4.88. The number of halogens is 1. The highest BCUT2D eigenvalue weighted by atomic mass is 35.5. The summed E-state index contributed by atoms with van der Waals surface area (Å²) in [6, 6.07) is -0.907. The van der Waals surface area contributed by atoms with E-state index in [4.69, 9.17) is 21.4 Å². The van der Waals surface area contributed by atoms with Crippen molar-refractivity contribution < 1.29 is 30.0 Å². The van der Waals surface area contributed by atoms with Crippen LogP contribution in [-0.2, 0) is 4.74 Å². The Bertz CT molecular complexity index is 373. The molecule has 2 amide bonds. The summed E-state index contributed by atoms with van der Waals surface area (Å²) in [5.74, 6) is -0.0278. The number of nitrogens with zero attached hydrogens (tertiary/aromatic N) is 3. The first-order valence-electron chi connectivity index (χ1n) is 6.13. The monoisotopic (exact) mass is 327 g/mol. The first-order chi connectivity index (χ1) is 9.88. The Morgan fingerprint density at radius 3 is 2.38 bits per heavy atom. The van der Waals surface area contributed by atoms with E-state index in [1.807, 2.05) is 0 Å². The molecule has 1 heterocycles. The van der Waals surface area contributed by atoms with Crippen molar-refractivity contribution in [2.45, 2.75) is 30.6 Å². The van der Waals surface area contributed by atoms with Crippen molar-refractivity contribution in [2.24, 2.45) is 5.29 Å². The largest absolute Gasteiger partial charge is 0.394 e. The van der Waals surface area contributed by atoms with Crippen LogP contribution in [0.3, 0.4) is 0 Å². The van der Waals surface area contributed by atoms with Gasteiger partial charge in [0.15, 0.2) is 6.23 Å². The number of hydrogen-bond donors (Lipinski definition) is 4. The van der Waals surface area contributed by atoms with E-state index in [2.05, 4.69) is 5.29 Å². The zero-order valence-corrected chi connectivity index (χ0v) is 12.0. The zero-order chi connectivity index (χ0) is 16.2. The fourth-order valence-corrected chi connectivity index (χ4v) is 2.10. The van der Waals surface area contributed by atoms with E-state index in [0.717, 1.165) is 4.90 Å². The van der Waals surface area contributed by atoms with E-state index in [9.17, 15) is 25.0 Å². The molecule has 0 aromatic heterocycles. The van der Waals surface area contributed by atoms with Crippen molar-refractivity contribution in [3.63, 3.8) is 0 Å². The maximum absolute atomic E-state index is 12.0. The van der Waals surface area contributed by atoms with Gasteiger partial charge in [0.1, 0.15) is 24.4 Å². The maximum Gasteiger partial charge on any atom is 0.344 e. The molecule has 0 saturated carbocycles.